The van der Waals surface area contributed by atoms with Crippen molar-refractivity contribution in [2.75, 3.05) is 18.5 Å². The summed E-state index contributed by atoms with van der Waals surface area (Å²) in [5.41, 5.74) is 1.40. The number of amides is 1. The van der Waals surface area contributed by atoms with Gasteiger partial charge in [-0.25, -0.2) is 9.97 Å². The molecule has 1 amide bonds. The molecule has 0 bridgehead atoms. The number of hydrogen-bond acceptors (Lipinski definition) is 6. The van der Waals surface area contributed by atoms with Gasteiger partial charge in [0.1, 0.15) is 17.6 Å². The van der Waals surface area contributed by atoms with Crippen molar-refractivity contribution in [2.45, 2.75) is 18.9 Å². The highest BCUT2D eigenvalue weighted by Crippen LogP contribution is 2.18. The summed E-state index contributed by atoms with van der Waals surface area (Å²) in [6.07, 6.45) is 4.96. The summed E-state index contributed by atoms with van der Waals surface area (Å²) in [5.74, 6) is 0.190. The number of anilines is 2. The van der Waals surface area contributed by atoms with E-state index in [0.717, 1.165) is 19.4 Å². The maximum absolute atomic E-state index is 12.0. The number of aromatic nitrogens is 2. The molecule has 0 spiro atoms. The number of ether oxygens (including phenoxy) is 1. The van der Waals surface area contributed by atoms with Crippen LogP contribution in [0.25, 0.3) is 0 Å². The molecule has 0 aliphatic carbocycles. The van der Waals surface area contributed by atoms with E-state index < -0.39 is 0 Å². The minimum Gasteiger partial charge on any atom is -0.376 e. The first-order chi connectivity index (χ1) is 11.8. The number of benzene rings is 1. The van der Waals surface area contributed by atoms with Gasteiger partial charge in [0, 0.05) is 13.2 Å². The van der Waals surface area contributed by atoms with Crippen molar-refractivity contribution in [3.8, 4) is 6.07 Å². The molecule has 3 rings (SSSR count). The molecular formula is C17H17N5O2. The average Bonchev–Trinajstić information content (AvgIpc) is 3.14. The number of nitrogens with zero attached hydrogens (tertiary/aromatic N) is 3. The van der Waals surface area contributed by atoms with E-state index in [0.29, 0.717) is 23.6 Å². The monoisotopic (exact) mass is 323 g/mol. The minimum absolute atomic E-state index is 0.0883. The van der Waals surface area contributed by atoms with Crippen LogP contribution in [0.5, 0.6) is 0 Å². The van der Waals surface area contributed by atoms with Crippen LogP contribution in [0.3, 0.4) is 0 Å². The second-order valence-corrected chi connectivity index (χ2v) is 5.41. The Labute approximate surface area is 139 Å². The quantitative estimate of drug-likeness (QED) is 0.873. The van der Waals surface area contributed by atoms with Crippen molar-refractivity contribution in [3.63, 3.8) is 0 Å². The Hall–Kier alpha value is -2.98. The fourth-order valence-electron chi connectivity index (χ4n) is 2.44. The zero-order chi connectivity index (χ0) is 16.8. The lowest BCUT2D eigenvalue weighted by Gasteiger charge is -2.10. The largest absolute Gasteiger partial charge is 0.376 e. The SMILES string of the molecule is N#Cc1ccccc1Nc1cnc(C(=O)NCC2CCCO2)cn1. The molecule has 122 valence electrons. The maximum Gasteiger partial charge on any atom is 0.271 e. The maximum atomic E-state index is 12.0. The van der Waals surface area contributed by atoms with Crippen LogP contribution in [-0.2, 0) is 4.74 Å². The second kappa shape index (κ2) is 7.53. The Balaban J connectivity index is 1.60. The average molecular weight is 323 g/mol. The second-order valence-electron chi connectivity index (χ2n) is 5.41. The van der Waals surface area contributed by atoms with E-state index in [1.165, 1.54) is 12.4 Å². The van der Waals surface area contributed by atoms with Crippen molar-refractivity contribution in [3.05, 3.63) is 47.9 Å². The van der Waals surface area contributed by atoms with Crippen LogP contribution >= 0.6 is 0 Å². The molecule has 2 heterocycles. The van der Waals surface area contributed by atoms with E-state index in [2.05, 4.69) is 26.7 Å². The van der Waals surface area contributed by atoms with Gasteiger partial charge < -0.3 is 15.4 Å². The van der Waals surface area contributed by atoms with Crippen LogP contribution < -0.4 is 10.6 Å². The molecule has 1 atom stereocenters. The highest BCUT2D eigenvalue weighted by Gasteiger charge is 2.17. The van der Waals surface area contributed by atoms with Crippen LogP contribution in [0, 0.1) is 11.3 Å². The fraction of sp³-hybridized carbons (Fsp3) is 0.294. The molecule has 1 aromatic carbocycles. The van der Waals surface area contributed by atoms with Crippen molar-refractivity contribution >= 4 is 17.4 Å². The first kappa shape index (κ1) is 15.9. The number of carbonyl (C=O) groups is 1. The van der Waals surface area contributed by atoms with Gasteiger partial charge in [-0.05, 0) is 25.0 Å². The first-order valence-corrected chi connectivity index (χ1v) is 7.74. The third-order valence-corrected chi connectivity index (χ3v) is 3.71. The van der Waals surface area contributed by atoms with Crippen molar-refractivity contribution in [1.29, 1.82) is 5.26 Å². The Bertz CT molecular complexity index is 748. The molecule has 7 heteroatoms. The number of nitriles is 1. The lowest BCUT2D eigenvalue weighted by Crippen LogP contribution is -2.32. The molecule has 2 N–H and O–H groups in total. The Morgan fingerprint density at radius 1 is 1.33 bits per heavy atom. The lowest BCUT2D eigenvalue weighted by atomic mass is 10.2. The summed E-state index contributed by atoms with van der Waals surface area (Å²) >= 11 is 0. The Kier molecular flexibility index (Phi) is 4.99. The van der Waals surface area contributed by atoms with Crippen LogP contribution in [0.2, 0.25) is 0 Å². The fourth-order valence-corrected chi connectivity index (χ4v) is 2.44. The van der Waals surface area contributed by atoms with Gasteiger partial charge in [0.15, 0.2) is 0 Å². The smallest absolute Gasteiger partial charge is 0.271 e. The summed E-state index contributed by atoms with van der Waals surface area (Å²) in [5, 5.41) is 14.9. The summed E-state index contributed by atoms with van der Waals surface area (Å²) in [7, 11) is 0. The number of para-hydroxylation sites is 1. The zero-order valence-corrected chi connectivity index (χ0v) is 13.0. The summed E-state index contributed by atoms with van der Waals surface area (Å²) < 4.78 is 5.46. The Morgan fingerprint density at radius 3 is 2.92 bits per heavy atom. The molecule has 0 saturated carbocycles. The molecule has 24 heavy (non-hydrogen) atoms. The van der Waals surface area contributed by atoms with Crippen LogP contribution in [-0.4, -0.2) is 35.1 Å². The topological polar surface area (TPSA) is 99.9 Å². The minimum atomic E-state index is -0.276. The van der Waals surface area contributed by atoms with E-state index in [-0.39, 0.29) is 17.7 Å². The highest BCUT2D eigenvalue weighted by atomic mass is 16.5. The van der Waals surface area contributed by atoms with Gasteiger partial charge in [0.05, 0.1) is 29.7 Å². The zero-order valence-electron chi connectivity index (χ0n) is 13.0. The standard InChI is InChI=1S/C17H17N5O2/c18-8-12-4-1-2-6-14(12)22-16-11-19-15(10-20-16)17(23)21-9-13-5-3-7-24-13/h1-2,4,6,10-11,13H,3,5,7,9H2,(H,20,22)(H,21,23). The molecule has 0 radical (unpaired) electrons. The number of nitrogens with one attached hydrogen (secondary N) is 2. The molecule has 1 fully saturated rings. The van der Waals surface area contributed by atoms with Crippen LogP contribution in [0.4, 0.5) is 11.5 Å². The van der Waals surface area contributed by atoms with Gasteiger partial charge in [-0.2, -0.15) is 5.26 Å². The van der Waals surface area contributed by atoms with E-state index in [1.54, 1.807) is 18.2 Å². The van der Waals surface area contributed by atoms with Crippen molar-refractivity contribution in [2.24, 2.45) is 0 Å². The van der Waals surface area contributed by atoms with E-state index >= 15 is 0 Å². The van der Waals surface area contributed by atoms with E-state index in [4.69, 9.17) is 10.00 Å². The van der Waals surface area contributed by atoms with Crippen LogP contribution in [0.15, 0.2) is 36.7 Å². The molecule has 7 nitrogen and oxygen atoms in total. The highest BCUT2D eigenvalue weighted by molar-refractivity contribution is 5.92. The van der Waals surface area contributed by atoms with Gasteiger partial charge in [-0.15, -0.1) is 0 Å². The number of hydrogen-bond donors (Lipinski definition) is 2. The van der Waals surface area contributed by atoms with Crippen molar-refractivity contribution in [1.82, 2.24) is 15.3 Å². The molecule has 1 saturated heterocycles. The molecule has 1 aromatic heterocycles. The molecule has 1 unspecified atom stereocenters. The molecule has 2 aromatic rings. The number of carbonyl (C=O) groups excluding carboxylic acids is 1. The third kappa shape index (κ3) is 3.86. The predicted octanol–water partition coefficient (Wildman–Crippen LogP) is 2.00. The van der Waals surface area contributed by atoms with E-state index in [9.17, 15) is 4.79 Å². The van der Waals surface area contributed by atoms with Gasteiger partial charge in [0.25, 0.3) is 5.91 Å². The van der Waals surface area contributed by atoms with Crippen LogP contribution in [0.1, 0.15) is 28.9 Å². The summed E-state index contributed by atoms with van der Waals surface area (Å²) in [6.45, 7) is 1.24. The molecular weight excluding hydrogens is 306 g/mol. The van der Waals surface area contributed by atoms with Crippen molar-refractivity contribution < 1.29 is 9.53 Å². The summed E-state index contributed by atoms with van der Waals surface area (Å²) in [6, 6.07) is 9.20. The molecule has 1 aliphatic heterocycles. The first-order valence-electron chi connectivity index (χ1n) is 7.74. The van der Waals surface area contributed by atoms with Gasteiger partial charge in [0.2, 0.25) is 0 Å². The summed E-state index contributed by atoms with van der Waals surface area (Å²) in [4.78, 5) is 20.3. The van der Waals surface area contributed by atoms with Gasteiger partial charge in [-0.1, -0.05) is 12.1 Å². The van der Waals surface area contributed by atoms with E-state index in [1.807, 2.05) is 6.07 Å². The number of rotatable bonds is 5. The Morgan fingerprint density at radius 2 is 2.21 bits per heavy atom. The predicted molar refractivity (Wildman–Crippen MR) is 87.8 cm³/mol. The van der Waals surface area contributed by atoms with Gasteiger partial charge in [-0.3, -0.25) is 4.79 Å². The normalized spacial score (nSPS) is 16.4. The lowest BCUT2D eigenvalue weighted by molar-refractivity contribution is 0.0853. The van der Waals surface area contributed by atoms with Gasteiger partial charge >= 0.3 is 0 Å². The molecule has 1 aliphatic rings. The third-order valence-electron chi connectivity index (χ3n) is 3.71.